The second-order valence-electron chi connectivity index (χ2n) is 4.52. The monoisotopic (exact) mass is 248 g/mol. The summed E-state index contributed by atoms with van der Waals surface area (Å²) in [5.74, 6) is -0.459. The largest absolute Gasteiger partial charge is 0.508 e. The Bertz CT molecular complexity index is 465. The first kappa shape index (κ1) is 12.4. The van der Waals surface area contributed by atoms with Crippen molar-refractivity contribution in [2.75, 3.05) is 13.1 Å². The van der Waals surface area contributed by atoms with E-state index in [0.717, 1.165) is 0 Å². The first-order valence-electron chi connectivity index (χ1n) is 5.95. The number of hydrogen-bond donors (Lipinski definition) is 2. The Labute approximate surface area is 105 Å². The van der Waals surface area contributed by atoms with Crippen molar-refractivity contribution in [3.8, 4) is 5.75 Å². The molecule has 0 radical (unpaired) electrons. The summed E-state index contributed by atoms with van der Waals surface area (Å²) < 4.78 is 0. The Morgan fingerprint density at radius 2 is 1.94 bits per heavy atom. The highest BCUT2D eigenvalue weighted by atomic mass is 16.3. The zero-order chi connectivity index (χ0) is 13.1. The molecule has 1 aliphatic heterocycles. The summed E-state index contributed by atoms with van der Waals surface area (Å²) >= 11 is 0. The van der Waals surface area contributed by atoms with Crippen LogP contribution in [0.3, 0.4) is 0 Å². The van der Waals surface area contributed by atoms with Crippen LogP contribution >= 0.6 is 0 Å². The molecular weight excluding hydrogens is 232 g/mol. The summed E-state index contributed by atoms with van der Waals surface area (Å²) in [5, 5.41) is 9.34. The van der Waals surface area contributed by atoms with Crippen molar-refractivity contribution in [2.45, 2.75) is 12.8 Å². The molecule has 0 saturated carbocycles. The topological polar surface area (TPSA) is 83.6 Å². The lowest BCUT2D eigenvalue weighted by Gasteiger charge is -2.30. The van der Waals surface area contributed by atoms with Gasteiger partial charge >= 0.3 is 0 Å². The van der Waals surface area contributed by atoms with E-state index in [1.165, 1.54) is 12.1 Å². The van der Waals surface area contributed by atoms with Crippen LogP contribution in [0.15, 0.2) is 24.3 Å². The van der Waals surface area contributed by atoms with Gasteiger partial charge in [0.2, 0.25) is 5.91 Å². The lowest BCUT2D eigenvalue weighted by atomic mass is 9.96. The fraction of sp³-hybridized carbons (Fsp3) is 0.385. The van der Waals surface area contributed by atoms with Crippen LogP contribution in [0.5, 0.6) is 5.75 Å². The highest BCUT2D eigenvalue weighted by Gasteiger charge is 2.26. The molecule has 0 unspecified atom stereocenters. The third kappa shape index (κ3) is 2.61. The molecule has 96 valence electrons. The molecule has 0 spiro atoms. The first-order valence-corrected chi connectivity index (χ1v) is 5.95. The molecule has 18 heavy (non-hydrogen) atoms. The first-order chi connectivity index (χ1) is 8.58. The van der Waals surface area contributed by atoms with E-state index in [-0.39, 0.29) is 23.5 Å². The zero-order valence-corrected chi connectivity index (χ0v) is 10.0. The molecular formula is C13H16N2O3. The summed E-state index contributed by atoms with van der Waals surface area (Å²) in [6.07, 6.45) is 1.22. The zero-order valence-electron chi connectivity index (χ0n) is 10.0. The van der Waals surface area contributed by atoms with Crippen LogP contribution in [0.4, 0.5) is 0 Å². The number of phenols is 1. The number of nitrogens with zero attached hydrogens (tertiary/aromatic N) is 1. The SMILES string of the molecule is NC(=O)C1CCN(C(=O)c2cccc(O)c2)CC1. The molecule has 2 amide bonds. The molecule has 1 saturated heterocycles. The third-order valence-electron chi connectivity index (χ3n) is 3.28. The highest BCUT2D eigenvalue weighted by molar-refractivity contribution is 5.94. The average molecular weight is 248 g/mol. The van der Waals surface area contributed by atoms with Crippen molar-refractivity contribution in [1.29, 1.82) is 0 Å². The second kappa shape index (κ2) is 5.08. The van der Waals surface area contributed by atoms with E-state index in [4.69, 9.17) is 5.73 Å². The van der Waals surface area contributed by atoms with Gasteiger partial charge in [-0.2, -0.15) is 0 Å². The maximum atomic E-state index is 12.1. The lowest BCUT2D eigenvalue weighted by Crippen LogP contribution is -2.41. The van der Waals surface area contributed by atoms with Crippen LogP contribution in [0.2, 0.25) is 0 Å². The van der Waals surface area contributed by atoms with Gasteiger partial charge in [-0.05, 0) is 31.0 Å². The number of piperidine rings is 1. The summed E-state index contributed by atoms with van der Waals surface area (Å²) in [7, 11) is 0. The molecule has 1 fully saturated rings. The van der Waals surface area contributed by atoms with E-state index in [9.17, 15) is 14.7 Å². The minimum atomic E-state index is -0.292. The number of hydrogen-bond acceptors (Lipinski definition) is 3. The van der Waals surface area contributed by atoms with Crippen LogP contribution in [0.25, 0.3) is 0 Å². The van der Waals surface area contributed by atoms with Crippen LogP contribution in [-0.4, -0.2) is 34.9 Å². The van der Waals surface area contributed by atoms with Crippen molar-refractivity contribution < 1.29 is 14.7 Å². The molecule has 3 N–H and O–H groups in total. The predicted octanol–water partition coefficient (Wildman–Crippen LogP) is 0.730. The summed E-state index contributed by atoms with van der Waals surface area (Å²) in [5.41, 5.74) is 5.71. The average Bonchev–Trinajstić information content (AvgIpc) is 2.38. The van der Waals surface area contributed by atoms with E-state index < -0.39 is 0 Å². The number of carbonyl (C=O) groups is 2. The molecule has 0 aliphatic carbocycles. The molecule has 2 rings (SSSR count). The van der Waals surface area contributed by atoms with Gasteiger partial charge in [0.25, 0.3) is 5.91 Å². The Hall–Kier alpha value is -2.04. The number of aromatic hydroxyl groups is 1. The normalized spacial score (nSPS) is 16.6. The molecule has 1 aliphatic rings. The van der Waals surface area contributed by atoms with Gasteiger partial charge in [-0.3, -0.25) is 9.59 Å². The number of benzene rings is 1. The van der Waals surface area contributed by atoms with Crippen LogP contribution in [0.1, 0.15) is 23.2 Å². The molecule has 0 bridgehead atoms. The Balaban J connectivity index is 2.02. The van der Waals surface area contributed by atoms with E-state index >= 15 is 0 Å². The molecule has 1 aromatic carbocycles. The Morgan fingerprint density at radius 3 is 2.50 bits per heavy atom. The predicted molar refractivity (Wildman–Crippen MR) is 65.9 cm³/mol. The van der Waals surface area contributed by atoms with Gasteiger partial charge in [0.05, 0.1) is 0 Å². The number of carbonyl (C=O) groups excluding carboxylic acids is 2. The lowest BCUT2D eigenvalue weighted by molar-refractivity contribution is -0.123. The summed E-state index contributed by atoms with van der Waals surface area (Å²) in [4.78, 5) is 24.8. The van der Waals surface area contributed by atoms with Gasteiger partial charge in [-0.15, -0.1) is 0 Å². The van der Waals surface area contributed by atoms with E-state index in [1.807, 2.05) is 0 Å². The molecule has 1 aromatic rings. The number of amides is 2. The Kier molecular flexibility index (Phi) is 3.50. The van der Waals surface area contributed by atoms with Crippen LogP contribution < -0.4 is 5.73 Å². The molecule has 5 nitrogen and oxygen atoms in total. The maximum Gasteiger partial charge on any atom is 0.253 e. The number of likely N-dealkylation sites (tertiary alicyclic amines) is 1. The van der Waals surface area contributed by atoms with Gasteiger partial charge in [-0.1, -0.05) is 6.07 Å². The number of primary amides is 1. The molecule has 0 atom stereocenters. The second-order valence-corrected chi connectivity index (χ2v) is 4.52. The van der Waals surface area contributed by atoms with Crippen molar-refractivity contribution in [3.63, 3.8) is 0 Å². The summed E-state index contributed by atoms with van der Waals surface area (Å²) in [6, 6.07) is 6.28. The number of phenolic OH excluding ortho intramolecular Hbond substituents is 1. The standard InChI is InChI=1S/C13H16N2O3/c14-12(17)9-4-6-15(7-5-9)13(18)10-2-1-3-11(16)8-10/h1-3,8-9,16H,4-7H2,(H2,14,17). The minimum absolute atomic E-state index is 0.0767. The van der Waals surface area contributed by atoms with E-state index in [2.05, 4.69) is 0 Å². The fourth-order valence-corrected chi connectivity index (χ4v) is 2.19. The fourth-order valence-electron chi connectivity index (χ4n) is 2.19. The van der Waals surface area contributed by atoms with Gasteiger partial charge in [0, 0.05) is 24.6 Å². The van der Waals surface area contributed by atoms with Gasteiger partial charge in [-0.25, -0.2) is 0 Å². The van der Waals surface area contributed by atoms with Crippen LogP contribution in [0, 0.1) is 5.92 Å². The summed E-state index contributed by atoms with van der Waals surface area (Å²) in [6.45, 7) is 1.06. The highest BCUT2D eigenvalue weighted by Crippen LogP contribution is 2.20. The van der Waals surface area contributed by atoms with Gasteiger partial charge in [0.1, 0.15) is 5.75 Å². The smallest absolute Gasteiger partial charge is 0.253 e. The van der Waals surface area contributed by atoms with Crippen molar-refractivity contribution in [1.82, 2.24) is 4.90 Å². The van der Waals surface area contributed by atoms with Gasteiger partial charge in [0.15, 0.2) is 0 Å². The van der Waals surface area contributed by atoms with Crippen LogP contribution in [-0.2, 0) is 4.79 Å². The van der Waals surface area contributed by atoms with Crippen molar-refractivity contribution in [3.05, 3.63) is 29.8 Å². The molecule has 1 heterocycles. The quantitative estimate of drug-likeness (QED) is 0.809. The Morgan fingerprint density at radius 1 is 1.28 bits per heavy atom. The maximum absolute atomic E-state index is 12.1. The minimum Gasteiger partial charge on any atom is -0.508 e. The van der Waals surface area contributed by atoms with Crippen molar-refractivity contribution in [2.24, 2.45) is 11.7 Å². The van der Waals surface area contributed by atoms with E-state index in [1.54, 1.807) is 17.0 Å². The number of rotatable bonds is 2. The van der Waals surface area contributed by atoms with Crippen molar-refractivity contribution >= 4 is 11.8 Å². The third-order valence-corrected chi connectivity index (χ3v) is 3.28. The number of nitrogens with two attached hydrogens (primary N) is 1. The van der Waals surface area contributed by atoms with Gasteiger partial charge < -0.3 is 15.7 Å². The molecule has 0 aromatic heterocycles. The molecule has 5 heteroatoms. The van der Waals surface area contributed by atoms with E-state index in [0.29, 0.717) is 31.5 Å².